The molecule has 0 saturated carbocycles. The van der Waals surface area contributed by atoms with Gasteiger partial charge in [0.2, 0.25) is 0 Å². The molecule has 4 heteroatoms. The van der Waals surface area contributed by atoms with Crippen molar-refractivity contribution in [1.82, 2.24) is 0 Å². The van der Waals surface area contributed by atoms with Crippen molar-refractivity contribution in [3.63, 3.8) is 0 Å². The van der Waals surface area contributed by atoms with Gasteiger partial charge in [0.05, 0.1) is 6.61 Å². The summed E-state index contributed by atoms with van der Waals surface area (Å²) in [5.74, 6) is 0.731. The smallest absolute Gasteiger partial charge is 0.194 e. The van der Waals surface area contributed by atoms with Crippen molar-refractivity contribution in [1.29, 1.82) is 0 Å². The summed E-state index contributed by atoms with van der Waals surface area (Å²) in [4.78, 5) is 12.4. The lowest BCUT2D eigenvalue weighted by Gasteiger charge is -2.06. The Morgan fingerprint density at radius 3 is 2.53 bits per heavy atom. The summed E-state index contributed by atoms with van der Waals surface area (Å²) in [7, 11) is 0. The van der Waals surface area contributed by atoms with Crippen LogP contribution in [-0.2, 0) is 0 Å². The molecule has 0 saturated heterocycles. The number of hydrogen-bond acceptors (Lipinski definition) is 2. The molecule has 0 atom stereocenters. The van der Waals surface area contributed by atoms with Gasteiger partial charge in [0.15, 0.2) is 5.78 Å². The number of halogens is 2. The third-order valence-corrected chi connectivity index (χ3v) is 3.78. The number of benzene rings is 2. The fraction of sp³-hybridized carbons (Fsp3) is 0.133. The summed E-state index contributed by atoms with van der Waals surface area (Å²) >= 11 is 8.07. The van der Waals surface area contributed by atoms with Gasteiger partial charge in [-0.1, -0.05) is 11.6 Å². The minimum Gasteiger partial charge on any atom is -0.494 e. The molecule has 0 aromatic heterocycles. The highest BCUT2D eigenvalue weighted by molar-refractivity contribution is 14.1. The minimum atomic E-state index is -0.0325. The van der Waals surface area contributed by atoms with Gasteiger partial charge in [-0.05, 0) is 72.0 Å². The molecule has 0 bridgehead atoms. The molecule has 0 N–H and O–H groups in total. The van der Waals surface area contributed by atoms with Gasteiger partial charge in [0, 0.05) is 19.7 Å². The highest BCUT2D eigenvalue weighted by Gasteiger charge is 2.13. The molecule has 0 fully saturated rings. The summed E-state index contributed by atoms with van der Waals surface area (Å²) < 4.78 is 6.24. The van der Waals surface area contributed by atoms with Crippen LogP contribution in [0.1, 0.15) is 22.8 Å². The van der Waals surface area contributed by atoms with E-state index in [0.717, 1.165) is 9.32 Å². The Balaban J connectivity index is 2.30. The largest absolute Gasteiger partial charge is 0.494 e. The Kier molecular flexibility index (Phi) is 4.82. The highest BCUT2D eigenvalue weighted by Crippen LogP contribution is 2.22. The molecule has 98 valence electrons. The molecule has 0 aliphatic carbocycles. The summed E-state index contributed by atoms with van der Waals surface area (Å²) in [5, 5.41) is 0.565. The van der Waals surface area contributed by atoms with Crippen LogP contribution in [0, 0.1) is 3.57 Å². The average Bonchev–Trinajstić information content (AvgIpc) is 2.42. The Morgan fingerprint density at radius 2 is 1.89 bits per heavy atom. The minimum absolute atomic E-state index is 0.0325. The van der Waals surface area contributed by atoms with E-state index in [1.165, 1.54) is 0 Å². The summed E-state index contributed by atoms with van der Waals surface area (Å²) in [6.45, 7) is 2.53. The van der Waals surface area contributed by atoms with Crippen molar-refractivity contribution < 1.29 is 9.53 Å². The van der Waals surface area contributed by atoms with Crippen LogP contribution >= 0.6 is 34.2 Å². The average molecular weight is 387 g/mol. The fourth-order valence-corrected chi connectivity index (χ4v) is 2.45. The molecule has 0 radical (unpaired) electrons. The van der Waals surface area contributed by atoms with E-state index in [9.17, 15) is 4.79 Å². The van der Waals surface area contributed by atoms with Crippen LogP contribution in [0.15, 0.2) is 42.5 Å². The topological polar surface area (TPSA) is 26.3 Å². The summed E-state index contributed by atoms with van der Waals surface area (Å²) in [6.07, 6.45) is 0. The number of rotatable bonds is 4. The SMILES string of the molecule is CCOc1ccc(C(=O)c2cc(Cl)ccc2I)cc1. The van der Waals surface area contributed by atoms with Crippen LogP contribution in [0.5, 0.6) is 5.75 Å². The van der Waals surface area contributed by atoms with Crippen LogP contribution in [0.2, 0.25) is 5.02 Å². The number of ketones is 1. The number of ether oxygens (including phenoxy) is 1. The number of carbonyl (C=O) groups is 1. The van der Waals surface area contributed by atoms with E-state index in [4.69, 9.17) is 16.3 Å². The van der Waals surface area contributed by atoms with Crippen molar-refractivity contribution >= 4 is 40.0 Å². The molecule has 2 aromatic rings. The van der Waals surface area contributed by atoms with Crippen molar-refractivity contribution in [2.45, 2.75) is 6.92 Å². The van der Waals surface area contributed by atoms with Gasteiger partial charge in [-0.25, -0.2) is 0 Å². The van der Waals surface area contributed by atoms with Gasteiger partial charge in [0.25, 0.3) is 0 Å². The van der Waals surface area contributed by atoms with Crippen molar-refractivity contribution in [3.05, 3.63) is 62.2 Å². The molecule has 0 unspecified atom stereocenters. The molecule has 0 aliphatic heterocycles. The van der Waals surface area contributed by atoms with Crippen molar-refractivity contribution in [2.24, 2.45) is 0 Å². The standard InChI is InChI=1S/C15H12ClIO2/c1-2-19-12-6-3-10(4-7-12)15(18)13-9-11(16)5-8-14(13)17/h3-9H,2H2,1H3. The lowest BCUT2D eigenvalue weighted by atomic mass is 10.0. The van der Waals surface area contributed by atoms with Crippen LogP contribution < -0.4 is 4.74 Å². The van der Waals surface area contributed by atoms with E-state index >= 15 is 0 Å². The Morgan fingerprint density at radius 1 is 1.21 bits per heavy atom. The van der Waals surface area contributed by atoms with Gasteiger partial charge >= 0.3 is 0 Å². The monoisotopic (exact) mass is 386 g/mol. The Labute approximate surface area is 130 Å². The lowest BCUT2D eigenvalue weighted by Crippen LogP contribution is -2.03. The van der Waals surface area contributed by atoms with E-state index in [2.05, 4.69) is 22.6 Å². The molecule has 2 rings (SSSR count). The van der Waals surface area contributed by atoms with E-state index in [1.54, 1.807) is 36.4 Å². The van der Waals surface area contributed by atoms with Crippen LogP contribution in [0.3, 0.4) is 0 Å². The Hall–Kier alpha value is -1.07. The third kappa shape index (κ3) is 3.48. The second-order valence-electron chi connectivity index (χ2n) is 3.91. The zero-order valence-electron chi connectivity index (χ0n) is 10.3. The van der Waals surface area contributed by atoms with Gasteiger partial charge in [0.1, 0.15) is 5.75 Å². The quantitative estimate of drug-likeness (QED) is 0.568. The zero-order valence-corrected chi connectivity index (χ0v) is 13.2. The van der Waals surface area contributed by atoms with Crippen LogP contribution in [-0.4, -0.2) is 12.4 Å². The summed E-state index contributed by atoms with van der Waals surface area (Å²) in [6, 6.07) is 12.4. The molecule has 0 amide bonds. The molecule has 0 spiro atoms. The first-order valence-electron chi connectivity index (χ1n) is 5.84. The second-order valence-corrected chi connectivity index (χ2v) is 5.51. The molecular weight excluding hydrogens is 375 g/mol. The van der Waals surface area contributed by atoms with Crippen LogP contribution in [0.25, 0.3) is 0 Å². The third-order valence-electron chi connectivity index (χ3n) is 2.60. The molecule has 2 aromatic carbocycles. The van der Waals surface area contributed by atoms with E-state index in [1.807, 2.05) is 13.0 Å². The van der Waals surface area contributed by atoms with E-state index in [-0.39, 0.29) is 5.78 Å². The van der Waals surface area contributed by atoms with Gasteiger partial charge in [-0.3, -0.25) is 4.79 Å². The first-order valence-corrected chi connectivity index (χ1v) is 7.30. The predicted molar refractivity (Wildman–Crippen MR) is 85.2 cm³/mol. The number of hydrogen-bond donors (Lipinski definition) is 0. The van der Waals surface area contributed by atoms with Gasteiger partial charge in [-0.15, -0.1) is 0 Å². The molecule has 0 heterocycles. The number of carbonyl (C=O) groups excluding carboxylic acids is 1. The fourth-order valence-electron chi connectivity index (χ4n) is 1.70. The van der Waals surface area contributed by atoms with E-state index < -0.39 is 0 Å². The van der Waals surface area contributed by atoms with E-state index in [0.29, 0.717) is 22.8 Å². The first kappa shape index (κ1) is 14.3. The van der Waals surface area contributed by atoms with Crippen molar-refractivity contribution in [3.8, 4) is 5.75 Å². The molecule has 2 nitrogen and oxygen atoms in total. The Bertz CT molecular complexity index is 594. The second kappa shape index (κ2) is 6.39. The zero-order chi connectivity index (χ0) is 13.8. The summed E-state index contributed by atoms with van der Waals surface area (Å²) in [5.41, 5.74) is 1.25. The maximum atomic E-state index is 12.4. The maximum Gasteiger partial charge on any atom is 0.194 e. The maximum absolute atomic E-state index is 12.4. The molecular formula is C15H12ClIO2. The molecule has 0 aliphatic rings. The van der Waals surface area contributed by atoms with Gasteiger partial charge in [-0.2, -0.15) is 0 Å². The predicted octanol–water partition coefficient (Wildman–Crippen LogP) is 4.57. The van der Waals surface area contributed by atoms with Crippen molar-refractivity contribution in [2.75, 3.05) is 6.61 Å². The first-order chi connectivity index (χ1) is 9.11. The van der Waals surface area contributed by atoms with Gasteiger partial charge < -0.3 is 4.74 Å². The highest BCUT2D eigenvalue weighted by atomic mass is 127. The lowest BCUT2D eigenvalue weighted by molar-refractivity contribution is 0.103. The van der Waals surface area contributed by atoms with Crippen LogP contribution in [0.4, 0.5) is 0 Å². The molecule has 19 heavy (non-hydrogen) atoms. The normalized spacial score (nSPS) is 10.3.